The van der Waals surface area contributed by atoms with Crippen molar-refractivity contribution in [3.8, 4) is 0 Å². The second-order valence-electron chi connectivity index (χ2n) is 4.19. The topological polar surface area (TPSA) is 17.1 Å². The van der Waals surface area contributed by atoms with Gasteiger partial charge in [-0.2, -0.15) is 0 Å². The zero-order valence-electron chi connectivity index (χ0n) is 8.36. The highest BCUT2D eigenvalue weighted by molar-refractivity contribution is 5.51. The molecule has 1 atom stereocenters. The Morgan fingerprint density at radius 3 is 2.57 bits per heavy atom. The number of benzene rings is 1. The third-order valence-electron chi connectivity index (χ3n) is 2.97. The number of carbonyl (C=O) groups is 1. The molecule has 1 aromatic carbocycles. The number of carbonyl (C=O) groups excluding carboxylic acids is 1. The normalized spacial score (nSPS) is 17.7. The number of rotatable bonds is 5. The lowest BCUT2D eigenvalue weighted by molar-refractivity contribution is -0.108. The highest BCUT2D eigenvalue weighted by Gasteiger charge is 2.25. The molecular weight excluding hydrogens is 172 g/mol. The van der Waals surface area contributed by atoms with E-state index >= 15 is 0 Å². The highest BCUT2D eigenvalue weighted by Crippen LogP contribution is 2.39. The van der Waals surface area contributed by atoms with Crippen molar-refractivity contribution in [1.82, 2.24) is 0 Å². The van der Waals surface area contributed by atoms with Crippen molar-refractivity contribution in [3.05, 3.63) is 35.9 Å². The summed E-state index contributed by atoms with van der Waals surface area (Å²) in [6.07, 6.45) is 5.66. The monoisotopic (exact) mass is 188 g/mol. The summed E-state index contributed by atoms with van der Waals surface area (Å²) in [7, 11) is 0. The molecule has 0 unspecified atom stereocenters. The molecule has 1 saturated carbocycles. The second-order valence-corrected chi connectivity index (χ2v) is 4.19. The lowest BCUT2D eigenvalue weighted by Gasteiger charge is -2.13. The zero-order chi connectivity index (χ0) is 9.80. The third-order valence-corrected chi connectivity index (χ3v) is 2.97. The third kappa shape index (κ3) is 2.44. The van der Waals surface area contributed by atoms with Gasteiger partial charge in [-0.3, -0.25) is 0 Å². The van der Waals surface area contributed by atoms with Crippen molar-refractivity contribution in [1.29, 1.82) is 0 Å². The molecule has 1 aliphatic rings. The number of aldehydes is 1. The standard InChI is InChI=1S/C13H16O/c14-9-8-13(10-11-6-7-11)12-4-2-1-3-5-12/h1-5,9,11,13H,6-8,10H2/t13-/m1/s1. The van der Waals surface area contributed by atoms with E-state index in [1.165, 1.54) is 24.8 Å². The molecule has 2 rings (SSSR count). The molecule has 0 aromatic heterocycles. The quantitative estimate of drug-likeness (QED) is 0.649. The summed E-state index contributed by atoms with van der Waals surface area (Å²) in [5.41, 5.74) is 1.33. The summed E-state index contributed by atoms with van der Waals surface area (Å²) in [5.74, 6) is 1.35. The van der Waals surface area contributed by atoms with E-state index < -0.39 is 0 Å². The second kappa shape index (κ2) is 4.41. The average molecular weight is 188 g/mol. The van der Waals surface area contributed by atoms with E-state index in [2.05, 4.69) is 24.3 Å². The SMILES string of the molecule is O=CC[C@H](CC1CC1)c1ccccc1. The van der Waals surface area contributed by atoms with Crippen molar-refractivity contribution < 1.29 is 4.79 Å². The van der Waals surface area contributed by atoms with E-state index in [4.69, 9.17) is 0 Å². The van der Waals surface area contributed by atoms with Crippen LogP contribution in [0.1, 0.15) is 37.2 Å². The molecule has 0 saturated heterocycles. The van der Waals surface area contributed by atoms with Crippen molar-refractivity contribution in [2.75, 3.05) is 0 Å². The minimum absolute atomic E-state index is 0.459. The molecule has 0 spiro atoms. The molecule has 0 heterocycles. The molecule has 0 N–H and O–H groups in total. The molecule has 1 fully saturated rings. The molecule has 1 aliphatic carbocycles. The van der Waals surface area contributed by atoms with Gasteiger partial charge >= 0.3 is 0 Å². The van der Waals surface area contributed by atoms with Gasteiger partial charge in [-0.05, 0) is 23.8 Å². The van der Waals surface area contributed by atoms with Crippen LogP contribution in [-0.4, -0.2) is 6.29 Å². The molecule has 1 heteroatoms. The van der Waals surface area contributed by atoms with Gasteiger partial charge in [-0.25, -0.2) is 0 Å². The van der Waals surface area contributed by atoms with Gasteiger partial charge in [0.2, 0.25) is 0 Å². The summed E-state index contributed by atoms with van der Waals surface area (Å²) in [6, 6.07) is 10.4. The van der Waals surface area contributed by atoms with Gasteiger partial charge in [0.15, 0.2) is 0 Å². The molecule has 74 valence electrons. The van der Waals surface area contributed by atoms with Crippen molar-refractivity contribution in [2.45, 2.75) is 31.6 Å². The largest absolute Gasteiger partial charge is 0.303 e. The van der Waals surface area contributed by atoms with E-state index in [1.807, 2.05) is 6.07 Å². The summed E-state index contributed by atoms with van der Waals surface area (Å²) < 4.78 is 0. The van der Waals surface area contributed by atoms with Crippen LogP contribution in [0.2, 0.25) is 0 Å². The Morgan fingerprint density at radius 2 is 2.00 bits per heavy atom. The lowest BCUT2D eigenvalue weighted by Crippen LogP contribution is -2.00. The van der Waals surface area contributed by atoms with Crippen LogP contribution in [-0.2, 0) is 4.79 Å². The van der Waals surface area contributed by atoms with Crippen LogP contribution in [0.3, 0.4) is 0 Å². The van der Waals surface area contributed by atoms with Gasteiger partial charge in [-0.15, -0.1) is 0 Å². The number of hydrogen-bond donors (Lipinski definition) is 0. The van der Waals surface area contributed by atoms with Crippen LogP contribution in [0.25, 0.3) is 0 Å². The first-order chi connectivity index (χ1) is 6.90. The van der Waals surface area contributed by atoms with E-state index in [1.54, 1.807) is 0 Å². The lowest BCUT2D eigenvalue weighted by atomic mass is 9.91. The first kappa shape index (κ1) is 9.45. The molecule has 0 aliphatic heterocycles. The molecule has 14 heavy (non-hydrogen) atoms. The first-order valence-electron chi connectivity index (χ1n) is 5.38. The van der Waals surface area contributed by atoms with Gasteiger partial charge < -0.3 is 4.79 Å². The fraction of sp³-hybridized carbons (Fsp3) is 0.462. The van der Waals surface area contributed by atoms with Gasteiger partial charge in [0, 0.05) is 6.42 Å². The van der Waals surface area contributed by atoms with Crippen LogP contribution in [0.15, 0.2) is 30.3 Å². The van der Waals surface area contributed by atoms with E-state index in [0.29, 0.717) is 12.3 Å². The maximum Gasteiger partial charge on any atom is 0.120 e. The van der Waals surface area contributed by atoms with Crippen LogP contribution in [0.4, 0.5) is 0 Å². The first-order valence-corrected chi connectivity index (χ1v) is 5.38. The Bertz CT molecular complexity index is 287. The molecule has 1 nitrogen and oxygen atoms in total. The fourth-order valence-corrected chi connectivity index (χ4v) is 1.97. The smallest absolute Gasteiger partial charge is 0.120 e. The molecule has 0 radical (unpaired) electrons. The van der Waals surface area contributed by atoms with Gasteiger partial charge in [0.05, 0.1) is 0 Å². The zero-order valence-corrected chi connectivity index (χ0v) is 8.36. The predicted molar refractivity (Wildman–Crippen MR) is 57.2 cm³/mol. The minimum atomic E-state index is 0.459. The average Bonchev–Trinajstić information content (AvgIpc) is 3.03. The van der Waals surface area contributed by atoms with Crippen LogP contribution >= 0.6 is 0 Å². The maximum absolute atomic E-state index is 10.6. The Balaban J connectivity index is 2.04. The van der Waals surface area contributed by atoms with E-state index in [0.717, 1.165) is 12.2 Å². The molecule has 0 amide bonds. The number of hydrogen-bond acceptors (Lipinski definition) is 1. The highest BCUT2D eigenvalue weighted by atomic mass is 16.1. The Morgan fingerprint density at radius 1 is 1.29 bits per heavy atom. The predicted octanol–water partition coefficient (Wildman–Crippen LogP) is 3.16. The minimum Gasteiger partial charge on any atom is -0.303 e. The summed E-state index contributed by atoms with van der Waals surface area (Å²) >= 11 is 0. The Labute approximate surface area is 85.1 Å². The van der Waals surface area contributed by atoms with Gasteiger partial charge in [0.25, 0.3) is 0 Å². The van der Waals surface area contributed by atoms with Gasteiger partial charge in [0.1, 0.15) is 6.29 Å². The van der Waals surface area contributed by atoms with Crippen molar-refractivity contribution in [3.63, 3.8) is 0 Å². The fourth-order valence-electron chi connectivity index (χ4n) is 1.97. The van der Waals surface area contributed by atoms with Gasteiger partial charge in [-0.1, -0.05) is 43.2 Å². The molecule has 1 aromatic rings. The molecule has 0 bridgehead atoms. The Kier molecular flexibility index (Phi) is 2.97. The summed E-state index contributed by atoms with van der Waals surface area (Å²) in [4.78, 5) is 10.6. The van der Waals surface area contributed by atoms with E-state index in [9.17, 15) is 4.79 Å². The summed E-state index contributed by atoms with van der Waals surface area (Å²) in [5, 5.41) is 0. The van der Waals surface area contributed by atoms with Crippen molar-refractivity contribution in [2.24, 2.45) is 5.92 Å². The molecular formula is C13H16O. The maximum atomic E-state index is 10.6. The van der Waals surface area contributed by atoms with E-state index in [-0.39, 0.29) is 0 Å². The van der Waals surface area contributed by atoms with Crippen LogP contribution in [0.5, 0.6) is 0 Å². The summed E-state index contributed by atoms with van der Waals surface area (Å²) in [6.45, 7) is 0. The van der Waals surface area contributed by atoms with Crippen LogP contribution in [0, 0.1) is 5.92 Å². The van der Waals surface area contributed by atoms with Crippen LogP contribution < -0.4 is 0 Å². The Hall–Kier alpha value is -1.11. The van der Waals surface area contributed by atoms with Crippen molar-refractivity contribution >= 4 is 6.29 Å².